The predicted octanol–water partition coefficient (Wildman–Crippen LogP) is 2.97. The van der Waals surface area contributed by atoms with Crippen LogP contribution in [0.15, 0.2) is 47.4 Å². The lowest BCUT2D eigenvalue weighted by atomic mass is 10.2. The second-order valence-corrected chi connectivity index (χ2v) is 6.54. The Bertz CT molecular complexity index is 570. The third kappa shape index (κ3) is 1.71. The summed E-state index contributed by atoms with van der Waals surface area (Å²) in [6, 6.07) is 13.0. The lowest BCUT2D eigenvalue weighted by molar-refractivity contribution is 0.588. The Labute approximate surface area is 96.2 Å². The van der Waals surface area contributed by atoms with E-state index in [2.05, 4.69) is 0 Å². The first-order valence-electron chi connectivity index (χ1n) is 5.25. The SMILES string of the molecule is CC(C)S(=O)(=O)c1ccc2cccccc1-2. The van der Waals surface area contributed by atoms with Gasteiger partial charge in [0.15, 0.2) is 9.84 Å². The Morgan fingerprint density at radius 3 is 2.31 bits per heavy atom. The van der Waals surface area contributed by atoms with Crippen LogP contribution >= 0.6 is 0 Å². The van der Waals surface area contributed by atoms with Crippen LogP contribution in [-0.2, 0) is 9.84 Å². The first kappa shape index (κ1) is 11.1. The van der Waals surface area contributed by atoms with Gasteiger partial charge in [0.1, 0.15) is 0 Å². The first-order valence-corrected chi connectivity index (χ1v) is 6.80. The molecule has 0 bridgehead atoms. The number of hydrogen-bond donors (Lipinski definition) is 0. The van der Waals surface area contributed by atoms with E-state index in [-0.39, 0.29) is 5.25 Å². The van der Waals surface area contributed by atoms with Crippen molar-refractivity contribution in [2.75, 3.05) is 0 Å². The van der Waals surface area contributed by atoms with Crippen LogP contribution in [0.25, 0.3) is 11.1 Å². The highest BCUT2D eigenvalue weighted by Crippen LogP contribution is 2.32. The Morgan fingerprint density at radius 2 is 1.62 bits per heavy atom. The van der Waals surface area contributed by atoms with E-state index in [0.29, 0.717) is 4.90 Å². The molecule has 3 heteroatoms. The fraction of sp³-hybridized carbons (Fsp3) is 0.231. The zero-order valence-electron chi connectivity index (χ0n) is 9.34. The van der Waals surface area contributed by atoms with Gasteiger partial charge in [0.2, 0.25) is 0 Å². The van der Waals surface area contributed by atoms with Crippen LogP contribution in [0.3, 0.4) is 0 Å². The molecule has 2 aliphatic carbocycles. The summed E-state index contributed by atoms with van der Waals surface area (Å²) in [5.74, 6) is 0. The molecule has 0 radical (unpaired) electrons. The maximum atomic E-state index is 12.1. The summed E-state index contributed by atoms with van der Waals surface area (Å²) in [6.07, 6.45) is 0. The van der Waals surface area contributed by atoms with Gasteiger partial charge in [-0.1, -0.05) is 36.4 Å². The minimum absolute atomic E-state index is 0.386. The molecule has 0 unspecified atom stereocenters. The minimum atomic E-state index is -3.19. The molecule has 0 aliphatic heterocycles. The van der Waals surface area contributed by atoms with E-state index in [1.165, 1.54) is 0 Å². The van der Waals surface area contributed by atoms with Gasteiger partial charge in [-0.25, -0.2) is 8.42 Å². The fourth-order valence-electron chi connectivity index (χ4n) is 1.69. The Kier molecular flexibility index (Phi) is 2.72. The summed E-state index contributed by atoms with van der Waals surface area (Å²) in [5.41, 5.74) is 1.77. The van der Waals surface area contributed by atoms with Crippen LogP contribution in [0.5, 0.6) is 0 Å². The van der Waals surface area contributed by atoms with Gasteiger partial charge in [-0.3, -0.25) is 0 Å². The largest absolute Gasteiger partial charge is 0.223 e. The molecule has 0 aromatic rings. The number of fused-ring (bicyclic) bond motifs is 1. The third-order valence-corrected chi connectivity index (χ3v) is 4.89. The predicted molar refractivity (Wildman–Crippen MR) is 65.4 cm³/mol. The lowest BCUT2D eigenvalue weighted by Gasteiger charge is -2.07. The smallest absolute Gasteiger partial charge is 0.181 e. The first-order chi connectivity index (χ1) is 7.53. The highest BCUT2D eigenvalue weighted by molar-refractivity contribution is 7.92. The normalized spacial score (nSPS) is 12.2. The van der Waals surface area contributed by atoms with Crippen molar-refractivity contribution in [2.24, 2.45) is 0 Å². The molecule has 2 nitrogen and oxygen atoms in total. The fourth-order valence-corrected chi connectivity index (χ4v) is 2.95. The van der Waals surface area contributed by atoms with Gasteiger partial charge in [0.05, 0.1) is 10.1 Å². The van der Waals surface area contributed by atoms with E-state index in [9.17, 15) is 8.42 Å². The lowest BCUT2D eigenvalue weighted by Crippen LogP contribution is -2.13. The van der Waals surface area contributed by atoms with Crippen molar-refractivity contribution < 1.29 is 8.42 Å². The second kappa shape index (κ2) is 3.91. The molecule has 0 aromatic heterocycles. The molecular formula is C13H14O2S. The van der Waals surface area contributed by atoms with Crippen LogP contribution in [0, 0.1) is 0 Å². The van der Waals surface area contributed by atoms with E-state index in [4.69, 9.17) is 0 Å². The summed E-state index contributed by atoms with van der Waals surface area (Å²) >= 11 is 0. The molecule has 0 heterocycles. The third-order valence-electron chi connectivity index (χ3n) is 2.68. The number of sulfone groups is 1. The van der Waals surface area contributed by atoms with Crippen molar-refractivity contribution in [1.82, 2.24) is 0 Å². The maximum absolute atomic E-state index is 12.1. The summed E-state index contributed by atoms with van der Waals surface area (Å²) in [7, 11) is -3.19. The molecule has 0 spiro atoms. The van der Waals surface area contributed by atoms with Crippen molar-refractivity contribution in [3.05, 3.63) is 42.5 Å². The number of rotatable bonds is 2. The molecule has 0 saturated carbocycles. The number of hydrogen-bond acceptors (Lipinski definition) is 2. The minimum Gasteiger partial charge on any atom is -0.223 e. The van der Waals surface area contributed by atoms with E-state index in [1.807, 2.05) is 36.4 Å². The molecular weight excluding hydrogens is 220 g/mol. The summed E-state index contributed by atoms with van der Waals surface area (Å²) < 4.78 is 24.2. The standard InChI is InChI=1S/C13H14O2S/c1-10(2)16(14,15)13-9-8-11-6-4-3-5-7-12(11)13/h3-10H,1-2H3. The van der Waals surface area contributed by atoms with E-state index < -0.39 is 9.84 Å². The molecule has 0 aromatic carbocycles. The van der Waals surface area contributed by atoms with E-state index in [0.717, 1.165) is 11.1 Å². The Morgan fingerprint density at radius 1 is 0.938 bits per heavy atom. The highest BCUT2D eigenvalue weighted by atomic mass is 32.2. The summed E-state index contributed by atoms with van der Waals surface area (Å²) in [6.45, 7) is 3.41. The molecule has 0 atom stereocenters. The van der Waals surface area contributed by atoms with Crippen molar-refractivity contribution in [3.8, 4) is 11.1 Å². The van der Waals surface area contributed by atoms with E-state index >= 15 is 0 Å². The van der Waals surface area contributed by atoms with Crippen LogP contribution < -0.4 is 0 Å². The monoisotopic (exact) mass is 234 g/mol. The van der Waals surface area contributed by atoms with Gasteiger partial charge < -0.3 is 0 Å². The van der Waals surface area contributed by atoms with Gasteiger partial charge in [-0.15, -0.1) is 0 Å². The molecule has 16 heavy (non-hydrogen) atoms. The van der Waals surface area contributed by atoms with Crippen LogP contribution in [0.1, 0.15) is 13.8 Å². The maximum Gasteiger partial charge on any atom is 0.181 e. The van der Waals surface area contributed by atoms with Gasteiger partial charge >= 0.3 is 0 Å². The molecule has 0 amide bonds. The van der Waals surface area contributed by atoms with E-state index in [1.54, 1.807) is 19.9 Å². The quantitative estimate of drug-likeness (QED) is 0.800. The molecule has 2 rings (SSSR count). The molecule has 0 saturated heterocycles. The topological polar surface area (TPSA) is 34.1 Å². The van der Waals surface area contributed by atoms with Gasteiger partial charge in [0, 0.05) is 5.56 Å². The molecule has 0 fully saturated rings. The van der Waals surface area contributed by atoms with Crippen LogP contribution in [0.4, 0.5) is 0 Å². The molecule has 0 N–H and O–H groups in total. The van der Waals surface area contributed by atoms with Crippen molar-refractivity contribution >= 4 is 9.84 Å². The Hall–Kier alpha value is -1.35. The average Bonchev–Trinajstić information content (AvgIpc) is 2.49. The molecule has 84 valence electrons. The average molecular weight is 234 g/mol. The zero-order chi connectivity index (χ0) is 11.8. The van der Waals surface area contributed by atoms with Gasteiger partial charge in [-0.2, -0.15) is 0 Å². The van der Waals surface area contributed by atoms with Crippen molar-refractivity contribution in [3.63, 3.8) is 0 Å². The highest BCUT2D eigenvalue weighted by Gasteiger charge is 2.24. The van der Waals surface area contributed by atoms with Crippen LogP contribution in [0.2, 0.25) is 0 Å². The second-order valence-electron chi connectivity index (χ2n) is 4.07. The summed E-state index contributed by atoms with van der Waals surface area (Å²) in [4.78, 5) is 0.439. The Balaban J connectivity index is 2.68. The molecule has 2 aliphatic rings. The van der Waals surface area contributed by atoms with Gasteiger partial charge in [-0.05, 0) is 25.5 Å². The zero-order valence-corrected chi connectivity index (χ0v) is 10.2. The van der Waals surface area contributed by atoms with Crippen LogP contribution in [-0.4, -0.2) is 13.7 Å². The summed E-state index contributed by atoms with van der Waals surface area (Å²) in [5, 5.41) is -0.386. The van der Waals surface area contributed by atoms with Crippen molar-refractivity contribution in [1.29, 1.82) is 0 Å². The van der Waals surface area contributed by atoms with Gasteiger partial charge in [0.25, 0.3) is 0 Å². The van der Waals surface area contributed by atoms with Crippen molar-refractivity contribution in [2.45, 2.75) is 24.0 Å².